The number of hydrogen-bond acceptors (Lipinski definition) is 2. The Bertz CT molecular complexity index is 130. The van der Waals surface area contributed by atoms with Crippen molar-refractivity contribution < 1.29 is 0 Å². The molecule has 1 fully saturated rings. The van der Waals surface area contributed by atoms with Crippen LogP contribution in [0.25, 0.3) is 0 Å². The first-order valence-electron chi connectivity index (χ1n) is 4.63. The van der Waals surface area contributed by atoms with Crippen molar-refractivity contribution in [3.05, 3.63) is 12.2 Å². The molecule has 0 unspecified atom stereocenters. The highest BCUT2D eigenvalue weighted by Gasteiger charge is 2.07. The number of hydrazine groups is 1. The van der Waals surface area contributed by atoms with E-state index in [4.69, 9.17) is 11.6 Å². The fraction of sp³-hybridized carbons (Fsp3) is 0.778. The summed E-state index contributed by atoms with van der Waals surface area (Å²) in [5, 5.41) is 2.29. The van der Waals surface area contributed by atoms with Crippen LogP contribution in [0.15, 0.2) is 12.2 Å². The van der Waals surface area contributed by atoms with Crippen LogP contribution in [-0.4, -0.2) is 30.5 Å². The zero-order valence-electron chi connectivity index (χ0n) is 7.43. The van der Waals surface area contributed by atoms with Crippen LogP contribution in [0, 0.1) is 0 Å². The van der Waals surface area contributed by atoms with Crippen LogP contribution in [0.4, 0.5) is 0 Å². The van der Waals surface area contributed by atoms with Crippen molar-refractivity contribution in [2.75, 3.05) is 25.5 Å². The minimum atomic E-state index is 0.613. The summed E-state index contributed by atoms with van der Waals surface area (Å²) >= 11 is 5.49. The third-order valence-corrected chi connectivity index (χ3v) is 2.22. The maximum absolute atomic E-state index is 5.49. The highest BCUT2D eigenvalue weighted by atomic mass is 35.5. The fourth-order valence-corrected chi connectivity index (χ4v) is 1.51. The van der Waals surface area contributed by atoms with Gasteiger partial charge in [-0.2, -0.15) is 0 Å². The molecule has 2 nitrogen and oxygen atoms in total. The second-order valence-corrected chi connectivity index (χ2v) is 3.34. The first kappa shape index (κ1) is 10.0. The van der Waals surface area contributed by atoms with E-state index in [2.05, 4.69) is 16.5 Å². The van der Waals surface area contributed by atoms with Gasteiger partial charge in [-0.05, 0) is 12.8 Å². The van der Waals surface area contributed by atoms with Gasteiger partial charge in [-0.15, -0.1) is 11.6 Å². The second kappa shape index (κ2) is 6.46. The Labute approximate surface area is 79.5 Å². The molecule has 1 saturated heterocycles. The minimum absolute atomic E-state index is 0.613. The van der Waals surface area contributed by atoms with Crippen LogP contribution >= 0.6 is 11.6 Å². The first-order chi connectivity index (χ1) is 5.93. The summed E-state index contributed by atoms with van der Waals surface area (Å²) < 4.78 is 0. The molecule has 1 heterocycles. The van der Waals surface area contributed by atoms with Gasteiger partial charge in [0, 0.05) is 25.5 Å². The highest BCUT2D eigenvalue weighted by Crippen LogP contribution is 2.05. The lowest BCUT2D eigenvalue weighted by Crippen LogP contribution is -2.41. The number of piperidine rings is 1. The molecule has 12 heavy (non-hydrogen) atoms. The van der Waals surface area contributed by atoms with Crippen LogP contribution < -0.4 is 5.43 Å². The Morgan fingerprint density at radius 2 is 1.92 bits per heavy atom. The number of halogens is 1. The van der Waals surface area contributed by atoms with Crippen molar-refractivity contribution in [2.45, 2.75) is 19.3 Å². The normalized spacial score (nSPS) is 20.4. The predicted molar refractivity (Wildman–Crippen MR) is 53.3 cm³/mol. The lowest BCUT2D eigenvalue weighted by Gasteiger charge is -2.26. The molecule has 0 radical (unpaired) electrons. The topological polar surface area (TPSA) is 15.3 Å². The molecule has 0 aromatic carbocycles. The molecule has 0 spiro atoms. The van der Waals surface area contributed by atoms with E-state index in [1.54, 1.807) is 0 Å². The summed E-state index contributed by atoms with van der Waals surface area (Å²) in [6.45, 7) is 3.29. The summed E-state index contributed by atoms with van der Waals surface area (Å²) in [7, 11) is 0. The van der Waals surface area contributed by atoms with Gasteiger partial charge in [-0.3, -0.25) is 5.43 Å². The molecular formula is C9H17ClN2. The van der Waals surface area contributed by atoms with Crippen molar-refractivity contribution >= 4 is 11.6 Å². The number of nitrogens with one attached hydrogen (secondary N) is 1. The van der Waals surface area contributed by atoms with Crippen LogP contribution in [0.3, 0.4) is 0 Å². The third kappa shape index (κ3) is 4.10. The second-order valence-electron chi connectivity index (χ2n) is 3.04. The first-order valence-corrected chi connectivity index (χ1v) is 5.16. The molecule has 0 bridgehead atoms. The van der Waals surface area contributed by atoms with Gasteiger partial charge in [0.15, 0.2) is 0 Å². The van der Waals surface area contributed by atoms with E-state index in [0.717, 1.165) is 6.54 Å². The predicted octanol–water partition coefficient (Wildman–Crippen LogP) is 1.77. The number of rotatable bonds is 4. The molecule has 0 aromatic heterocycles. The van der Waals surface area contributed by atoms with E-state index >= 15 is 0 Å². The molecule has 1 aliphatic rings. The summed E-state index contributed by atoms with van der Waals surface area (Å²) in [5.74, 6) is 0.613. The zero-order valence-corrected chi connectivity index (χ0v) is 8.19. The van der Waals surface area contributed by atoms with Crippen LogP contribution in [0.1, 0.15) is 19.3 Å². The molecule has 70 valence electrons. The highest BCUT2D eigenvalue weighted by molar-refractivity contribution is 6.18. The van der Waals surface area contributed by atoms with E-state index in [1.807, 2.05) is 6.08 Å². The Morgan fingerprint density at radius 1 is 1.17 bits per heavy atom. The molecule has 0 aromatic rings. The van der Waals surface area contributed by atoms with Crippen LogP contribution in [-0.2, 0) is 0 Å². The molecule has 0 atom stereocenters. The Hall–Kier alpha value is -0.0500. The largest absolute Gasteiger partial charge is 0.251 e. The Morgan fingerprint density at radius 3 is 2.58 bits per heavy atom. The number of allylic oxidation sites excluding steroid dienone is 1. The number of hydrogen-bond donors (Lipinski definition) is 1. The van der Waals surface area contributed by atoms with Gasteiger partial charge in [0.05, 0.1) is 0 Å². The summed E-state index contributed by atoms with van der Waals surface area (Å²) in [6.07, 6.45) is 8.08. The SMILES string of the molecule is ClC/C=C/CNN1CCCCC1. The van der Waals surface area contributed by atoms with E-state index in [-0.39, 0.29) is 0 Å². The van der Waals surface area contributed by atoms with Crippen molar-refractivity contribution in [3.8, 4) is 0 Å². The lowest BCUT2D eigenvalue weighted by molar-refractivity contribution is 0.162. The number of alkyl halides is 1. The number of nitrogens with zero attached hydrogens (tertiary/aromatic N) is 1. The van der Waals surface area contributed by atoms with Crippen LogP contribution in [0.2, 0.25) is 0 Å². The molecular weight excluding hydrogens is 172 g/mol. The van der Waals surface area contributed by atoms with E-state index < -0.39 is 0 Å². The van der Waals surface area contributed by atoms with Gasteiger partial charge < -0.3 is 0 Å². The lowest BCUT2D eigenvalue weighted by atomic mass is 10.2. The van der Waals surface area contributed by atoms with E-state index in [1.165, 1.54) is 32.4 Å². The van der Waals surface area contributed by atoms with Crippen molar-refractivity contribution in [3.63, 3.8) is 0 Å². The molecule has 0 aliphatic carbocycles. The Kier molecular flexibility index (Phi) is 5.41. The standard InChI is InChI=1S/C9H17ClN2/c10-6-2-3-7-11-12-8-4-1-5-9-12/h2-3,11H,1,4-9H2/b3-2+. The summed E-state index contributed by atoms with van der Waals surface area (Å²) in [5.41, 5.74) is 3.34. The average Bonchev–Trinajstić information content (AvgIpc) is 2.14. The van der Waals surface area contributed by atoms with Crippen molar-refractivity contribution in [2.24, 2.45) is 0 Å². The van der Waals surface area contributed by atoms with E-state index in [0.29, 0.717) is 5.88 Å². The minimum Gasteiger partial charge on any atom is -0.251 e. The summed E-state index contributed by atoms with van der Waals surface area (Å²) in [4.78, 5) is 0. The van der Waals surface area contributed by atoms with Crippen molar-refractivity contribution in [1.82, 2.24) is 10.4 Å². The molecule has 0 saturated carbocycles. The van der Waals surface area contributed by atoms with E-state index in [9.17, 15) is 0 Å². The van der Waals surface area contributed by atoms with Gasteiger partial charge >= 0.3 is 0 Å². The quantitative estimate of drug-likeness (QED) is 0.535. The van der Waals surface area contributed by atoms with Gasteiger partial charge in [0.2, 0.25) is 0 Å². The molecule has 3 heteroatoms. The van der Waals surface area contributed by atoms with Crippen LogP contribution in [0.5, 0.6) is 0 Å². The molecule has 1 rings (SSSR count). The Balaban J connectivity index is 2.01. The maximum atomic E-state index is 5.49. The van der Waals surface area contributed by atoms with Gasteiger partial charge in [-0.1, -0.05) is 18.6 Å². The van der Waals surface area contributed by atoms with Gasteiger partial charge in [0.1, 0.15) is 0 Å². The average molecular weight is 189 g/mol. The van der Waals surface area contributed by atoms with Gasteiger partial charge in [-0.25, -0.2) is 5.01 Å². The summed E-state index contributed by atoms with van der Waals surface area (Å²) in [6, 6.07) is 0. The molecule has 0 amide bonds. The third-order valence-electron chi connectivity index (χ3n) is 2.04. The van der Waals surface area contributed by atoms with Crippen molar-refractivity contribution in [1.29, 1.82) is 0 Å². The smallest absolute Gasteiger partial charge is 0.0404 e. The molecule has 1 N–H and O–H groups in total. The maximum Gasteiger partial charge on any atom is 0.0404 e. The van der Waals surface area contributed by atoms with Gasteiger partial charge in [0.25, 0.3) is 0 Å². The zero-order chi connectivity index (χ0) is 8.65. The fourth-order valence-electron chi connectivity index (χ4n) is 1.38. The molecule has 1 aliphatic heterocycles. The monoisotopic (exact) mass is 188 g/mol.